The number of amides is 1. The molecule has 6 nitrogen and oxygen atoms in total. The molecule has 3 heterocycles. The molecule has 4 fully saturated rings. The number of ether oxygens (including phenoxy) is 1. The summed E-state index contributed by atoms with van der Waals surface area (Å²) in [6, 6.07) is 0.185. The minimum Gasteiger partial charge on any atom is -0.441 e. The Morgan fingerprint density at radius 1 is 0.958 bits per heavy atom. The van der Waals surface area contributed by atoms with Crippen molar-refractivity contribution in [1.82, 2.24) is 9.80 Å². The second-order valence-corrected chi connectivity index (χ2v) is 28.8. The van der Waals surface area contributed by atoms with Crippen LogP contribution in [0, 0.1) is 17.3 Å². The van der Waals surface area contributed by atoms with E-state index in [1.165, 1.54) is 19.3 Å². The molecule has 0 unspecified atom stereocenters. The van der Waals surface area contributed by atoms with Crippen LogP contribution in [0.5, 0.6) is 0 Å². The Kier molecular flexibility index (Phi) is 12.7. The topological polar surface area (TPSA) is 51.2 Å². The van der Waals surface area contributed by atoms with Gasteiger partial charge in [0.15, 0.2) is 22.7 Å². The van der Waals surface area contributed by atoms with E-state index in [0.717, 1.165) is 64.8 Å². The Balaban J connectivity index is 1.84. The first-order valence-electron chi connectivity index (χ1n) is 19.7. The Morgan fingerprint density at radius 2 is 1.58 bits per heavy atom. The normalized spacial score (nSPS) is 30.8. The molecule has 4 bridgehead atoms. The van der Waals surface area contributed by atoms with Gasteiger partial charge in [-0.05, 0) is 111 Å². The van der Waals surface area contributed by atoms with Gasteiger partial charge in [0.2, 0.25) is 0 Å². The summed E-state index contributed by atoms with van der Waals surface area (Å²) in [5.41, 5.74) is 1.14. The molecule has 1 amide bonds. The average molecular weight is 703 g/mol. The monoisotopic (exact) mass is 703 g/mol. The maximum Gasteiger partial charge on any atom is 0.410 e. The number of nitrogens with zero attached hydrogens (tertiary/aromatic N) is 2. The van der Waals surface area contributed by atoms with Crippen LogP contribution in [0.25, 0.3) is 0 Å². The highest BCUT2D eigenvalue weighted by atomic mass is 28.4. The molecule has 1 aliphatic carbocycles. The molecule has 8 heteroatoms. The first-order chi connectivity index (χ1) is 22.5. The lowest BCUT2D eigenvalue weighted by Crippen LogP contribution is -2.76. The summed E-state index contributed by atoms with van der Waals surface area (Å²) < 4.78 is 21.2. The largest absolute Gasteiger partial charge is 0.441 e. The summed E-state index contributed by atoms with van der Waals surface area (Å²) in [7, 11) is -4.21. The van der Waals surface area contributed by atoms with Gasteiger partial charge in [0.1, 0.15) is 5.54 Å². The molecule has 0 aromatic carbocycles. The van der Waals surface area contributed by atoms with Crippen molar-refractivity contribution in [3.8, 4) is 0 Å². The molecule has 0 aromatic rings. The third-order valence-corrected chi connectivity index (χ3v) is 24.5. The molecule has 4 aliphatic rings. The number of rotatable bonds is 19. The average Bonchev–Trinajstić information content (AvgIpc) is 3.39. The van der Waals surface area contributed by atoms with Crippen LogP contribution >= 0.6 is 0 Å². The molecule has 0 N–H and O–H groups in total. The smallest absolute Gasteiger partial charge is 0.410 e. The number of hydrogen-bond donors (Lipinski definition) is 0. The van der Waals surface area contributed by atoms with Gasteiger partial charge in [-0.25, -0.2) is 4.79 Å². The molecule has 1 saturated carbocycles. The molecule has 0 aromatic heterocycles. The summed E-state index contributed by atoms with van der Waals surface area (Å²) in [5, 5.41) is 0.0892. The third kappa shape index (κ3) is 6.97. The predicted molar refractivity (Wildman–Crippen MR) is 207 cm³/mol. The van der Waals surface area contributed by atoms with Crippen molar-refractivity contribution in [3.05, 3.63) is 25.3 Å². The van der Waals surface area contributed by atoms with Crippen LogP contribution in [0.2, 0.25) is 34.8 Å². The lowest BCUT2D eigenvalue weighted by atomic mass is 9.51. The molecular formula is C40H74N2O4Si2. The van der Waals surface area contributed by atoms with Crippen LogP contribution in [-0.4, -0.2) is 83.1 Å². The second-order valence-electron chi connectivity index (χ2n) is 18.5. The molecule has 3 saturated heterocycles. The lowest BCUT2D eigenvalue weighted by molar-refractivity contribution is -0.157. The zero-order valence-corrected chi connectivity index (χ0v) is 35.0. The van der Waals surface area contributed by atoms with Crippen LogP contribution < -0.4 is 0 Å². The number of likely N-dealkylation sites (tertiary alicyclic amines) is 1. The number of cyclic esters (lactones) is 1. The number of carbonyl (C=O) groups excluding carboxylic acids is 1. The fourth-order valence-corrected chi connectivity index (χ4v) is 17.5. The van der Waals surface area contributed by atoms with E-state index < -0.39 is 16.6 Å². The zero-order chi connectivity index (χ0) is 35.7. The van der Waals surface area contributed by atoms with Gasteiger partial charge in [-0.15, -0.1) is 13.2 Å². The molecule has 4 rings (SSSR count). The van der Waals surface area contributed by atoms with Gasteiger partial charge >= 0.3 is 6.09 Å². The van der Waals surface area contributed by atoms with Crippen molar-refractivity contribution in [1.29, 1.82) is 0 Å². The van der Waals surface area contributed by atoms with E-state index >= 15 is 0 Å². The third-order valence-electron chi connectivity index (χ3n) is 14.0. The zero-order valence-electron chi connectivity index (χ0n) is 33.0. The van der Waals surface area contributed by atoms with Crippen molar-refractivity contribution < 1.29 is 18.4 Å². The van der Waals surface area contributed by atoms with Gasteiger partial charge in [-0.1, -0.05) is 80.9 Å². The highest BCUT2D eigenvalue weighted by molar-refractivity contribution is 6.77. The SMILES string of the molecule is C=CCCCCCN1CC[C@H]2[C@@H]3CN4C(=O)O[C@H](CO[Si](C)(C)C(C)(C)C)[C@@]24[C@@H]1[C@](CCCC=C)(CO[Si](C(C)C)(C(C)C)C(C)C)C3. The Labute approximate surface area is 298 Å². The highest BCUT2D eigenvalue weighted by Gasteiger charge is 2.77. The van der Waals surface area contributed by atoms with E-state index in [1.54, 1.807) is 0 Å². The maximum absolute atomic E-state index is 14.0. The van der Waals surface area contributed by atoms with Gasteiger partial charge in [0.25, 0.3) is 0 Å². The number of piperidine rings is 1. The van der Waals surface area contributed by atoms with Crippen molar-refractivity contribution in [2.24, 2.45) is 17.3 Å². The highest BCUT2D eigenvalue weighted by Crippen LogP contribution is 2.65. The summed E-state index contributed by atoms with van der Waals surface area (Å²) >= 11 is 0. The standard InChI is InChI=1S/C40H74N2O4Si2/c1-14-16-18-19-21-24-41-25-22-34-33-26-39(23-20-17-15-2,29-45-48(30(3)4,31(5)6)32(7)8)36(41)40(34)35(46-37(43)42(40)27-33)28-44-47(12,13)38(9,10)11/h14-15,30-36H,1-2,16-29H2,3-13H3/t33-,34-,35+,36-,39-,40+/m0/s1. The number of allylic oxidation sites excluding steroid dienone is 2. The van der Waals surface area contributed by atoms with Crippen LogP contribution in [0.1, 0.15) is 120 Å². The first kappa shape index (κ1) is 39.8. The molecule has 6 atom stereocenters. The van der Waals surface area contributed by atoms with E-state index in [1.807, 2.05) is 6.08 Å². The molecular weight excluding hydrogens is 629 g/mol. The minimum absolute atomic E-state index is 0.0689. The minimum atomic E-state index is -2.14. The summed E-state index contributed by atoms with van der Waals surface area (Å²) in [6.45, 7) is 38.3. The number of unbranched alkanes of at least 4 members (excludes halogenated alkanes) is 4. The molecule has 48 heavy (non-hydrogen) atoms. The Bertz CT molecular complexity index is 1100. The number of hydrogen-bond acceptors (Lipinski definition) is 5. The first-order valence-corrected chi connectivity index (χ1v) is 24.7. The van der Waals surface area contributed by atoms with Crippen LogP contribution in [0.3, 0.4) is 0 Å². The van der Waals surface area contributed by atoms with E-state index in [4.69, 9.17) is 13.6 Å². The van der Waals surface area contributed by atoms with Gasteiger partial charge in [0.05, 0.1) is 6.61 Å². The quantitative estimate of drug-likeness (QED) is 0.0762. The van der Waals surface area contributed by atoms with Crippen LogP contribution in [0.15, 0.2) is 25.3 Å². The van der Waals surface area contributed by atoms with Crippen molar-refractivity contribution in [3.63, 3.8) is 0 Å². The number of carbonyl (C=O) groups is 1. The van der Waals surface area contributed by atoms with E-state index in [-0.39, 0.29) is 34.2 Å². The summed E-state index contributed by atoms with van der Waals surface area (Å²) in [4.78, 5) is 19.1. The Morgan fingerprint density at radius 3 is 2.17 bits per heavy atom. The van der Waals surface area contributed by atoms with Gasteiger partial charge in [-0.3, -0.25) is 9.80 Å². The van der Waals surface area contributed by atoms with Crippen LogP contribution in [-0.2, 0) is 13.6 Å². The lowest BCUT2D eigenvalue weighted by Gasteiger charge is -2.64. The van der Waals surface area contributed by atoms with Gasteiger partial charge in [0, 0.05) is 24.6 Å². The fraction of sp³-hybridized carbons (Fsp3) is 0.875. The predicted octanol–water partition coefficient (Wildman–Crippen LogP) is 10.6. The Hall–Kier alpha value is -0.936. The molecule has 1 spiro atoms. The van der Waals surface area contributed by atoms with E-state index in [9.17, 15) is 4.79 Å². The van der Waals surface area contributed by atoms with Gasteiger partial charge in [-0.2, -0.15) is 0 Å². The van der Waals surface area contributed by atoms with Crippen molar-refractivity contribution in [2.75, 3.05) is 32.8 Å². The van der Waals surface area contributed by atoms with E-state index in [2.05, 4.69) is 104 Å². The molecule has 0 radical (unpaired) electrons. The summed E-state index contributed by atoms with van der Waals surface area (Å²) in [6.07, 6.45) is 13.9. The van der Waals surface area contributed by atoms with Crippen LogP contribution in [0.4, 0.5) is 4.79 Å². The van der Waals surface area contributed by atoms with Crippen molar-refractivity contribution in [2.45, 2.75) is 173 Å². The van der Waals surface area contributed by atoms with Crippen molar-refractivity contribution >= 4 is 22.7 Å². The maximum atomic E-state index is 14.0. The molecule has 3 aliphatic heterocycles. The van der Waals surface area contributed by atoms with E-state index in [0.29, 0.717) is 35.1 Å². The second kappa shape index (κ2) is 15.4. The van der Waals surface area contributed by atoms with Gasteiger partial charge < -0.3 is 13.6 Å². The fourth-order valence-electron chi connectivity index (χ4n) is 11.0. The summed E-state index contributed by atoms with van der Waals surface area (Å²) in [5.74, 6) is 0.911. The molecule has 276 valence electrons.